The summed E-state index contributed by atoms with van der Waals surface area (Å²) in [5, 5.41) is 3.04. The third-order valence-electron chi connectivity index (χ3n) is 4.03. The van der Waals surface area contributed by atoms with Crippen LogP contribution in [0.2, 0.25) is 0 Å². The van der Waals surface area contributed by atoms with Crippen molar-refractivity contribution in [3.8, 4) is 11.5 Å². The Morgan fingerprint density at radius 2 is 2.20 bits per heavy atom. The van der Waals surface area contributed by atoms with Crippen LogP contribution in [0.4, 0.5) is 0 Å². The topological polar surface area (TPSA) is 73.6 Å². The fourth-order valence-electron chi connectivity index (χ4n) is 2.73. The van der Waals surface area contributed by atoms with E-state index in [2.05, 4.69) is 5.32 Å². The van der Waals surface area contributed by atoms with Gasteiger partial charge in [0.15, 0.2) is 11.5 Å². The number of carbonyl (C=O) groups excluding carboxylic acids is 1. The monoisotopic (exact) mass is 278 g/mol. The number of ether oxygens (including phenoxy) is 2. The maximum Gasteiger partial charge on any atom is 0.237 e. The van der Waals surface area contributed by atoms with Crippen molar-refractivity contribution in [1.82, 2.24) is 5.32 Å². The highest BCUT2D eigenvalue weighted by atomic mass is 16.5. The van der Waals surface area contributed by atoms with Gasteiger partial charge in [0.1, 0.15) is 11.6 Å². The molecule has 110 valence electrons. The molecule has 5 nitrogen and oxygen atoms in total. The highest BCUT2D eigenvalue weighted by molar-refractivity contribution is 5.85. The largest absolute Gasteiger partial charge is 0.493 e. The Kier molecular flexibility index (Phi) is 4.18. The average Bonchev–Trinajstić information content (AvgIpc) is 2.85. The van der Waals surface area contributed by atoms with Gasteiger partial charge in [-0.1, -0.05) is 6.07 Å². The number of primary amides is 1. The molecule has 0 radical (unpaired) electrons. The third-order valence-corrected chi connectivity index (χ3v) is 4.03. The number of carbonyl (C=O) groups is 1. The Morgan fingerprint density at radius 1 is 1.45 bits per heavy atom. The average molecular weight is 278 g/mol. The summed E-state index contributed by atoms with van der Waals surface area (Å²) < 4.78 is 11.3. The van der Waals surface area contributed by atoms with Crippen LogP contribution in [0.15, 0.2) is 18.2 Å². The first-order valence-corrected chi connectivity index (χ1v) is 6.81. The van der Waals surface area contributed by atoms with Crippen molar-refractivity contribution in [1.29, 1.82) is 0 Å². The van der Waals surface area contributed by atoms with Gasteiger partial charge in [-0.15, -0.1) is 0 Å². The molecule has 0 aliphatic heterocycles. The third kappa shape index (κ3) is 2.72. The maximum atomic E-state index is 11.6. The zero-order chi connectivity index (χ0) is 14.8. The minimum atomic E-state index is -0.650. The van der Waals surface area contributed by atoms with Gasteiger partial charge in [-0.3, -0.25) is 4.79 Å². The molecule has 1 aliphatic rings. The number of methoxy groups -OCH3 is 1. The molecule has 1 saturated carbocycles. The Balaban J connectivity index is 2.11. The normalized spacial score (nSPS) is 25.4. The SMILES string of the molecule is CNC1(C(N)=O)CCC(Oc2ccc(C)cc2OC)C1. The van der Waals surface area contributed by atoms with Gasteiger partial charge in [0.05, 0.1) is 7.11 Å². The molecule has 0 heterocycles. The number of benzene rings is 1. The summed E-state index contributed by atoms with van der Waals surface area (Å²) in [6.07, 6.45) is 2.03. The number of hydrogen-bond acceptors (Lipinski definition) is 4. The molecule has 3 N–H and O–H groups in total. The summed E-state index contributed by atoms with van der Waals surface area (Å²) in [6.45, 7) is 2.00. The van der Waals surface area contributed by atoms with E-state index >= 15 is 0 Å². The van der Waals surface area contributed by atoms with Gasteiger partial charge >= 0.3 is 0 Å². The Bertz CT molecular complexity index is 504. The van der Waals surface area contributed by atoms with Crippen molar-refractivity contribution < 1.29 is 14.3 Å². The van der Waals surface area contributed by atoms with E-state index in [9.17, 15) is 4.79 Å². The van der Waals surface area contributed by atoms with Gasteiger partial charge < -0.3 is 20.5 Å². The number of amides is 1. The second-order valence-corrected chi connectivity index (χ2v) is 5.33. The minimum absolute atomic E-state index is 0.0356. The number of rotatable bonds is 5. The van der Waals surface area contributed by atoms with Crippen molar-refractivity contribution in [3.63, 3.8) is 0 Å². The standard InChI is InChI=1S/C15H22N2O3/c1-10-4-5-12(13(8-10)19-3)20-11-6-7-15(9-11,17-2)14(16)18/h4-5,8,11,17H,6-7,9H2,1-3H3,(H2,16,18). The molecule has 0 saturated heterocycles. The summed E-state index contributed by atoms with van der Waals surface area (Å²) in [6, 6.07) is 5.81. The van der Waals surface area contributed by atoms with E-state index in [1.54, 1.807) is 14.2 Å². The lowest BCUT2D eigenvalue weighted by molar-refractivity contribution is -0.124. The molecule has 20 heavy (non-hydrogen) atoms. The lowest BCUT2D eigenvalue weighted by Gasteiger charge is -2.25. The van der Waals surface area contributed by atoms with Crippen molar-refractivity contribution in [2.45, 2.75) is 37.8 Å². The lowest BCUT2D eigenvalue weighted by Crippen LogP contribution is -2.52. The van der Waals surface area contributed by atoms with Gasteiger partial charge in [0, 0.05) is 6.42 Å². The van der Waals surface area contributed by atoms with Crippen LogP contribution in [0, 0.1) is 6.92 Å². The van der Waals surface area contributed by atoms with Crippen LogP contribution in [-0.4, -0.2) is 31.7 Å². The molecule has 5 heteroatoms. The van der Waals surface area contributed by atoms with Gasteiger partial charge in [-0.25, -0.2) is 0 Å². The molecule has 0 bridgehead atoms. The molecule has 1 aromatic rings. The van der Waals surface area contributed by atoms with Gasteiger partial charge in [-0.2, -0.15) is 0 Å². The lowest BCUT2D eigenvalue weighted by atomic mass is 9.97. The Morgan fingerprint density at radius 3 is 2.75 bits per heavy atom. The van der Waals surface area contributed by atoms with E-state index < -0.39 is 5.54 Å². The predicted octanol–water partition coefficient (Wildman–Crippen LogP) is 1.38. The second-order valence-electron chi connectivity index (χ2n) is 5.33. The van der Waals surface area contributed by atoms with Crippen LogP contribution < -0.4 is 20.5 Å². The van der Waals surface area contributed by atoms with Gasteiger partial charge in [0.25, 0.3) is 0 Å². The fraction of sp³-hybridized carbons (Fsp3) is 0.533. The van der Waals surface area contributed by atoms with E-state index in [1.165, 1.54) is 0 Å². The van der Waals surface area contributed by atoms with E-state index in [4.69, 9.17) is 15.2 Å². The first-order chi connectivity index (χ1) is 9.50. The van der Waals surface area contributed by atoms with Crippen molar-refractivity contribution in [2.75, 3.05) is 14.2 Å². The first-order valence-electron chi connectivity index (χ1n) is 6.81. The highest BCUT2D eigenvalue weighted by Crippen LogP contribution is 2.35. The summed E-state index contributed by atoms with van der Waals surface area (Å²) >= 11 is 0. The maximum absolute atomic E-state index is 11.6. The van der Waals surface area contributed by atoms with Crippen LogP contribution in [0.3, 0.4) is 0 Å². The molecule has 0 spiro atoms. The molecule has 0 aromatic heterocycles. The summed E-state index contributed by atoms with van der Waals surface area (Å²) in [5.74, 6) is 1.10. The van der Waals surface area contributed by atoms with Crippen molar-refractivity contribution in [3.05, 3.63) is 23.8 Å². The molecular formula is C15H22N2O3. The summed E-state index contributed by atoms with van der Waals surface area (Å²) in [5.41, 5.74) is 5.96. The van der Waals surface area contributed by atoms with E-state index in [0.717, 1.165) is 12.0 Å². The Hall–Kier alpha value is -1.75. The fourth-order valence-corrected chi connectivity index (χ4v) is 2.73. The van der Waals surface area contributed by atoms with E-state index in [1.807, 2.05) is 25.1 Å². The highest BCUT2D eigenvalue weighted by Gasteiger charge is 2.44. The zero-order valence-corrected chi connectivity index (χ0v) is 12.2. The molecule has 2 unspecified atom stereocenters. The van der Waals surface area contributed by atoms with Gasteiger partial charge in [-0.05, 0) is 44.5 Å². The molecule has 1 aliphatic carbocycles. The van der Waals surface area contributed by atoms with Crippen LogP contribution in [0.5, 0.6) is 11.5 Å². The van der Waals surface area contributed by atoms with E-state index in [0.29, 0.717) is 24.3 Å². The van der Waals surface area contributed by atoms with E-state index in [-0.39, 0.29) is 12.0 Å². The van der Waals surface area contributed by atoms with Crippen molar-refractivity contribution >= 4 is 5.91 Å². The quantitative estimate of drug-likeness (QED) is 0.853. The second kappa shape index (κ2) is 5.71. The molecule has 2 atom stereocenters. The van der Waals surface area contributed by atoms with Crippen LogP contribution in [0.25, 0.3) is 0 Å². The van der Waals surface area contributed by atoms with Crippen LogP contribution in [0.1, 0.15) is 24.8 Å². The Labute approximate surface area is 119 Å². The molecule has 1 amide bonds. The molecular weight excluding hydrogens is 256 g/mol. The predicted molar refractivity (Wildman–Crippen MR) is 77.0 cm³/mol. The number of likely N-dealkylation sites (N-methyl/N-ethyl adjacent to an activating group) is 1. The number of aryl methyl sites for hydroxylation is 1. The number of nitrogens with two attached hydrogens (primary N) is 1. The van der Waals surface area contributed by atoms with Crippen molar-refractivity contribution in [2.24, 2.45) is 5.73 Å². The zero-order valence-electron chi connectivity index (χ0n) is 12.2. The smallest absolute Gasteiger partial charge is 0.237 e. The number of hydrogen-bond donors (Lipinski definition) is 2. The van der Waals surface area contributed by atoms with Crippen LogP contribution >= 0.6 is 0 Å². The summed E-state index contributed by atoms with van der Waals surface area (Å²) in [7, 11) is 3.39. The first kappa shape index (κ1) is 14.7. The van der Waals surface area contributed by atoms with Crippen LogP contribution in [-0.2, 0) is 4.79 Å². The minimum Gasteiger partial charge on any atom is -0.493 e. The summed E-state index contributed by atoms with van der Waals surface area (Å²) in [4.78, 5) is 11.6. The molecule has 2 rings (SSSR count). The molecule has 1 aromatic carbocycles. The number of nitrogens with one attached hydrogen (secondary N) is 1. The molecule has 1 fully saturated rings. The van der Waals surface area contributed by atoms with Gasteiger partial charge in [0.2, 0.25) is 5.91 Å².